The van der Waals surface area contributed by atoms with Crippen molar-refractivity contribution in [1.29, 1.82) is 0 Å². The number of hydrogen-bond acceptors (Lipinski definition) is 2. The van der Waals surface area contributed by atoms with E-state index in [4.69, 9.17) is 0 Å². The van der Waals surface area contributed by atoms with E-state index in [1.807, 2.05) is 0 Å². The van der Waals surface area contributed by atoms with Crippen molar-refractivity contribution in [3.8, 4) is 0 Å². The van der Waals surface area contributed by atoms with Gasteiger partial charge in [0.05, 0.1) is 6.04 Å². The summed E-state index contributed by atoms with van der Waals surface area (Å²) in [4.78, 5) is 11.4. The first-order chi connectivity index (χ1) is 7.66. The molecule has 1 aromatic rings. The maximum Gasteiger partial charge on any atom is 0.237 e. The van der Waals surface area contributed by atoms with Crippen LogP contribution in [-0.4, -0.2) is 25.0 Å². The Kier molecular flexibility index (Phi) is 3.14. The molecule has 0 saturated carbocycles. The van der Waals surface area contributed by atoms with Crippen LogP contribution in [0.3, 0.4) is 0 Å². The highest BCUT2D eigenvalue weighted by atomic mass is 19.2. The van der Waals surface area contributed by atoms with E-state index in [9.17, 15) is 13.6 Å². The van der Waals surface area contributed by atoms with Crippen molar-refractivity contribution in [3.05, 3.63) is 35.4 Å². The molecule has 1 aromatic carbocycles. The zero-order valence-corrected chi connectivity index (χ0v) is 8.59. The van der Waals surface area contributed by atoms with Crippen LogP contribution in [0.4, 0.5) is 8.78 Å². The van der Waals surface area contributed by atoms with Gasteiger partial charge in [-0.3, -0.25) is 4.79 Å². The fourth-order valence-corrected chi connectivity index (χ4v) is 1.72. The Balaban J connectivity index is 2.08. The standard InChI is InChI=1S/C11H12F2N2O/c12-8-2-1-7(5-9(8)13)6-10-11(16)15-4-3-14-10/h1-2,5,10,14H,3-4,6H2,(H,15,16). The molecular weight excluding hydrogens is 214 g/mol. The number of rotatable bonds is 2. The van der Waals surface area contributed by atoms with E-state index in [1.165, 1.54) is 6.07 Å². The second kappa shape index (κ2) is 4.57. The van der Waals surface area contributed by atoms with Gasteiger partial charge >= 0.3 is 0 Å². The van der Waals surface area contributed by atoms with Gasteiger partial charge in [-0.05, 0) is 24.1 Å². The predicted octanol–water partition coefficient (Wildman–Crippen LogP) is 0.595. The summed E-state index contributed by atoms with van der Waals surface area (Å²) in [6.07, 6.45) is 0.364. The van der Waals surface area contributed by atoms with Crippen LogP contribution in [0.15, 0.2) is 18.2 Å². The van der Waals surface area contributed by atoms with Gasteiger partial charge in [0.25, 0.3) is 0 Å². The summed E-state index contributed by atoms with van der Waals surface area (Å²) in [5.41, 5.74) is 0.605. The number of amides is 1. The third-order valence-corrected chi connectivity index (χ3v) is 2.56. The number of benzene rings is 1. The van der Waals surface area contributed by atoms with E-state index in [1.54, 1.807) is 0 Å². The van der Waals surface area contributed by atoms with E-state index >= 15 is 0 Å². The minimum Gasteiger partial charge on any atom is -0.353 e. The van der Waals surface area contributed by atoms with E-state index in [-0.39, 0.29) is 11.9 Å². The third kappa shape index (κ3) is 2.36. The number of carbonyl (C=O) groups is 1. The summed E-state index contributed by atoms with van der Waals surface area (Å²) in [5, 5.41) is 5.73. The fourth-order valence-electron chi connectivity index (χ4n) is 1.72. The molecule has 2 rings (SSSR count). The smallest absolute Gasteiger partial charge is 0.237 e. The molecule has 1 heterocycles. The Labute approximate surface area is 91.8 Å². The molecule has 0 aliphatic carbocycles. The second-order valence-electron chi connectivity index (χ2n) is 3.75. The Morgan fingerprint density at radius 1 is 1.25 bits per heavy atom. The zero-order chi connectivity index (χ0) is 11.5. The van der Waals surface area contributed by atoms with Crippen LogP contribution in [0.5, 0.6) is 0 Å². The normalized spacial score (nSPS) is 20.6. The Morgan fingerprint density at radius 3 is 2.75 bits per heavy atom. The van der Waals surface area contributed by atoms with Crippen molar-refractivity contribution in [2.45, 2.75) is 12.5 Å². The minimum atomic E-state index is -0.881. The molecule has 0 bridgehead atoms. The van der Waals surface area contributed by atoms with Crippen molar-refractivity contribution < 1.29 is 13.6 Å². The molecule has 1 unspecified atom stereocenters. The number of carbonyl (C=O) groups excluding carboxylic acids is 1. The Morgan fingerprint density at radius 2 is 2.06 bits per heavy atom. The van der Waals surface area contributed by atoms with Crippen molar-refractivity contribution in [2.24, 2.45) is 0 Å². The lowest BCUT2D eigenvalue weighted by Crippen LogP contribution is -2.53. The Hall–Kier alpha value is -1.49. The minimum absolute atomic E-state index is 0.101. The molecule has 0 radical (unpaired) electrons. The highest BCUT2D eigenvalue weighted by Gasteiger charge is 2.21. The lowest BCUT2D eigenvalue weighted by atomic mass is 10.0. The maximum atomic E-state index is 12.9. The quantitative estimate of drug-likeness (QED) is 0.775. The van der Waals surface area contributed by atoms with Crippen LogP contribution in [0.1, 0.15) is 5.56 Å². The number of nitrogens with one attached hydrogen (secondary N) is 2. The van der Waals surface area contributed by atoms with Gasteiger partial charge < -0.3 is 10.6 Å². The largest absolute Gasteiger partial charge is 0.353 e. The number of piperazine rings is 1. The van der Waals surface area contributed by atoms with Gasteiger partial charge in [0.2, 0.25) is 5.91 Å². The lowest BCUT2D eigenvalue weighted by molar-refractivity contribution is -0.124. The van der Waals surface area contributed by atoms with Gasteiger partial charge in [-0.2, -0.15) is 0 Å². The van der Waals surface area contributed by atoms with Crippen molar-refractivity contribution in [1.82, 2.24) is 10.6 Å². The molecule has 1 aliphatic rings. The van der Waals surface area contributed by atoms with Crippen molar-refractivity contribution >= 4 is 5.91 Å². The summed E-state index contributed by atoms with van der Waals surface area (Å²) in [7, 11) is 0. The second-order valence-corrected chi connectivity index (χ2v) is 3.75. The summed E-state index contributed by atoms with van der Waals surface area (Å²) in [6.45, 7) is 1.30. The van der Waals surface area contributed by atoms with Gasteiger partial charge in [0, 0.05) is 13.1 Å². The molecule has 2 N–H and O–H groups in total. The first-order valence-corrected chi connectivity index (χ1v) is 5.12. The van der Waals surface area contributed by atoms with E-state index in [0.29, 0.717) is 25.1 Å². The zero-order valence-electron chi connectivity index (χ0n) is 8.59. The fraction of sp³-hybridized carbons (Fsp3) is 0.364. The topological polar surface area (TPSA) is 41.1 Å². The summed E-state index contributed by atoms with van der Waals surface area (Å²) in [5.74, 6) is -1.85. The molecule has 1 saturated heterocycles. The van der Waals surface area contributed by atoms with Crippen molar-refractivity contribution in [2.75, 3.05) is 13.1 Å². The first kappa shape index (κ1) is 11.0. The van der Waals surface area contributed by atoms with Gasteiger partial charge in [0.15, 0.2) is 11.6 Å². The average Bonchev–Trinajstić information content (AvgIpc) is 2.27. The molecule has 0 aromatic heterocycles. The predicted molar refractivity (Wildman–Crippen MR) is 54.9 cm³/mol. The van der Waals surface area contributed by atoms with Gasteiger partial charge in [-0.1, -0.05) is 6.07 Å². The van der Waals surface area contributed by atoms with E-state index in [2.05, 4.69) is 10.6 Å². The summed E-state index contributed by atoms with van der Waals surface area (Å²) in [6, 6.07) is 3.32. The summed E-state index contributed by atoms with van der Waals surface area (Å²) >= 11 is 0. The molecular formula is C11H12F2N2O. The van der Waals surface area contributed by atoms with Crippen LogP contribution in [0.25, 0.3) is 0 Å². The molecule has 1 aliphatic heterocycles. The van der Waals surface area contributed by atoms with Crippen LogP contribution in [-0.2, 0) is 11.2 Å². The van der Waals surface area contributed by atoms with E-state index in [0.717, 1.165) is 12.1 Å². The highest BCUT2D eigenvalue weighted by molar-refractivity contribution is 5.82. The maximum absolute atomic E-state index is 12.9. The van der Waals surface area contributed by atoms with Gasteiger partial charge in [0.1, 0.15) is 0 Å². The number of hydrogen-bond donors (Lipinski definition) is 2. The third-order valence-electron chi connectivity index (χ3n) is 2.56. The Bertz CT molecular complexity index is 409. The lowest BCUT2D eigenvalue weighted by Gasteiger charge is -2.23. The van der Waals surface area contributed by atoms with Crippen LogP contribution >= 0.6 is 0 Å². The first-order valence-electron chi connectivity index (χ1n) is 5.12. The van der Waals surface area contributed by atoms with Crippen LogP contribution < -0.4 is 10.6 Å². The molecule has 1 amide bonds. The molecule has 86 valence electrons. The molecule has 1 atom stereocenters. The molecule has 0 spiro atoms. The summed E-state index contributed by atoms with van der Waals surface area (Å²) < 4.78 is 25.6. The molecule has 5 heteroatoms. The monoisotopic (exact) mass is 226 g/mol. The highest BCUT2D eigenvalue weighted by Crippen LogP contribution is 2.11. The van der Waals surface area contributed by atoms with Gasteiger partial charge in [-0.15, -0.1) is 0 Å². The SMILES string of the molecule is O=C1NCCNC1Cc1ccc(F)c(F)c1. The van der Waals surface area contributed by atoms with E-state index < -0.39 is 11.6 Å². The van der Waals surface area contributed by atoms with Crippen LogP contribution in [0.2, 0.25) is 0 Å². The van der Waals surface area contributed by atoms with Gasteiger partial charge in [-0.25, -0.2) is 8.78 Å². The van der Waals surface area contributed by atoms with Crippen LogP contribution in [0, 0.1) is 11.6 Å². The van der Waals surface area contributed by atoms with Crippen molar-refractivity contribution in [3.63, 3.8) is 0 Å². The molecule has 16 heavy (non-hydrogen) atoms. The number of halogens is 2. The average molecular weight is 226 g/mol. The molecule has 1 fully saturated rings. The molecule has 3 nitrogen and oxygen atoms in total.